The Morgan fingerprint density at radius 1 is 1.32 bits per heavy atom. The predicted molar refractivity (Wildman–Crippen MR) is 68.7 cm³/mol. The number of carboxylic acid groups (broad SMARTS) is 1. The van der Waals surface area contributed by atoms with Crippen LogP contribution in [0.25, 0.3) is 0 Å². The fourth-order valence-electron chi connectivity index (χ4n) is 1.90. The van der Waals surface area contributed by atoms with Crippen molar-refractivity contribution in [3.8, 4) is 0 Å². The number of amides is 3. The molecule has 1 aliphatic rings. The molecule has 1 aliphatic heterocycles. The summed E-state index contributed by atoms with van der Waals surface area (Å²) in [6.45, 7) is 1.15. The Morgan fingerprint density at radius 2 is 2.11 bits per heavy atom. The second kappa shape index (κ2) is 8.34. The van der Waals surface area contributed by atoms with Crippen LogP contribution >= 0.6 is 0 Å². The van der Waals surface area contributed by atoms with Gasteiger partial charge in [-0.15, -0.1) is 0 Å². The molecule has 4 N–H and O–H groups in total. The molecule has 1 unspecified atom stereocenters. The first-order chi connectivity index (χ1) is 9.09. The van der Waals surface area contributed by atoms with E-state index in [1.165, 1.54) is 0 Å². The van der Waals surface area contributed by atoms with Gasteiger partial charge in [-0.3, -0.25) is 9.59 Å². The number of urea groups is 1. The summed E-state index contributed by atoms with van der Waals surface area (Å²) in [5, 5.41) is 16.4. The Kier molecular flexibility index (Phi) is 6.70. The van der Waals surface area contributed by atoms with E-state index in [-0.39, 0.29) is 18.4 Å². The van der Waals surface area contributed by atoms with Gasteiger partial charge in [0.25, 0.3) is 0 Å². The Hall–Kier alpha value is -1.79. The van der Waals surface area contributed by atoms with Gasteiger partial charge < -0.3 is 21.1 Å². The molecular weight excluding hydrogens is 250 g/mol. The summed E-state index contributed by atoms with van der Waals surface area (Å²) in [7, 11) is 0. The number of aliphatic carboxylic acids is 1. The maximum absolute atomic E-state index is 11.5. The van der Waals surface area contributed by atoms with Gasteiger partial charge >= 0.3 is 12.0 Å². The highest BCUT2D eigenvalue weighted by atomic mass is 16.4. The molecule has 1 fully saturated rings. The standard InChI is InChI=1S/C12H21N3O4/c16-10(17)6-2-1-3-7-14-12(19)15-9-5-4-8-13-11(9)18/h9H,1-8H2,(H,13,18)(H,16,17)(H2,14,15,19). The summed E-state index contributed by atoms with van der Waals surface area (Å²) in [5.41, 5.74) is 0. The zero-order valence-corrected chi connectivity index (χ0v) is 10.9. The van der Waals surface area contributed by atoms with Crippen molar-refractivity contribution in [3.05, 3.63) is 0 Å². The fraction of sp³-hybridized carbons (Fsp3) is 0.750. The van der Waals surface area contributed by atoms with Gasteiger partial charge in [-0.05, 0) is 25.7 Å². The smallest absolute Gasteiger partial charge is 0.315 e. The molecule has 0 spiro atoms. The van der Waals surface area contributed by atoms with Crippen molar-refractivity contribution in [1.29, 1.82) is 0 Å². The highest BCUT2D eigenvalue weighted by Crippen LogP contribution is 2.02. The van der Waals surface area contributed by atoms with Gasteiger partial charge in [0.05, 0.1) is 0 Å². The van der Waals surface area contributed by atoms with Gasteiger partial charge in [-0.25, -0.2) is 4.79 Å². The van der Waals surface area contributed by atoms with Gasteiger partial charge in [-0.2, -0.15) is 0 Å². The van der Waals surface area contributed by atoms with E-state index in [4.69, 9.17) is 5.11 Å². The first-order valence-corrected chi connectivity index (χ1v) is 6.63. The minimum atomic E-state index is -0.797. The molecule has 0 aromatic carbocycles. The molecule has 1 heterocycles. The molecule has 0 aliphatic carbocycles. The fourth-order valence-corrected chi connectivity index (χ4v) is 1.90. The quantitative estimate of drug-likeness (QED) is 0.496. The van der Waals surface area contributed by atoms with Gasteiger partial charge in [0.1, 0.15) is 6.04 Å². The monoisotopic (exact) mass is 271 g/mol. The molecule has 7 heteroatoms. The lowest BCUT2D eigenvalue weighted by Crippen LogP contribution is -2.52. The lowest BCUT2D eigenvalue weighted by atomic mass is 10.1. The van der Waals surface area contributed by atoms with Crippen LogP contribution in [0.5, 0.6) is 0 Å². The van der Waals surface area contributed by atoms with E-state index in [0.717, 1.165) is 19.3 Å². The number of nitrogens with one attached hydrogen (secondary N) is 3. The average Bonchev–Trinajstić information content (AvgIpc) is 2.36. The van der Waals surface area contributed by atoms with Crippen molar-refractivity contribution in [2.45, 2.75) is 44.6 Å². The van der Waals surface area contributed by atoms with E-state index in [9.17, 15) is 14.4 Å². The van der Waals surface area contributed by atoms with E-state index in [0.29, 0.717) is 25.9 Å². The van der Waals surface area contributed by atoms with E-state index in [1.807, 2.05) is 0 Å². The van der Waals surface area contributed by atoms with Crippen LogP contribution in [0.4, 0.5) is 4.79 Å². The molecule has 1 rings (SSSR count). The minimum absolute atomic E-state index is 0.136. The number of carboxylic acids is 1. The largest absolute Gasteiger partial charge is 0.481 e. The van der Waals surface area contributed by atoms with E-state index >= 15 is 0 Å². The topological polar surface area (TPSA) is 108 Å². The number of carbonyl (C=O) groups excluding carboxylic acids is 2. The van der Waals surface area contributed by atoms with Crippen molar-refractivity contribution in [2.75, 3.05) is 13.1 Å². The summed E-state index contributed by atoms with van der Waals surface area (Å²) < 4.78 is 0. The van der Waals surface area contributed by atoms with Gasteiger partial charge in [0.15, 0.2) is 0 Å². The van der Waals surface area contributed by atoms with E-state index in [1.54, 1.807) is 0 Å². The molecule has 1 atom stereocenters. The second-order valence-corrected chi connectivity index (χ2v) is 4.59. The summed E-state index contributed by atoms with van der Waals surface area (Å²) in [6, 6.07) is -0.791. The zero-order valence-electron chi connectivity index (χ0n) is 10.9. The van der Waals surface area contributed by atoms with Crippen LogP contribution in [0.1, 0.15) is 38.5 Å². The lowest BCUT2D eigenvalue weighted by Gasteiger charge is -2.22. The maximum Gasteiger partial charge on any atom is 0.315 e. The predicted octanol–water partition coefficient (Wildman–Crippen LogP) is 0.209. The number of piperidine rings is 1. The van der Waals surface area contributed by atoms with E-state index in [2.05, 4.69) is 16.0 Å². The van der Waals surface area contributed by atoms with Crippen LogP contribution in [0.15, 0.2) is 0 Å². The van der Waals surface area contributed by atoms with Gasteiger partial charge in [-0.1, -0.05) is 6.42 Å². The third-order valence-corrected chi connectivity index (χ3v) is 2.94. The van der Waals surface area contributed by atoms with Crippen molar-refractivity contribution < 1.29 is 19.5 Å². The summed E-state index contributed by atoms with van der Waals surface area (Å²) >= 11 is 0. The van der Waals surface area contributed by atoms with Gasteiger partial charge in [0, 0.05) is 19.5 Å². The molecule has 108 valence electrons. The number of rotatable bonds is 7. The van der Waals surface area contributed by atoms with Crippen molar-refractivity contribution in [2.24, 2.45) is 0 Å². The molecule has 0 aromatic heterocycles. The first kappa shape index (κ1) is 15.3. The Labute approximate surface area is 112 Å². The third kappa shape index (κ3) is 6.64. The average molecular weight is 271 g/mol. The number of hydrogen-bond acceptors (Lipinski definition) is 3. The number of carbonyl (C=O) groups is 3. The SMILES string of the molecule is O=C(O)CCCCCNC(=O)NC1CCCNC1=O. The lowest BCUT2D eigenvalue weighted by molar-refractivity contribution is -0.137. The molecule has 0 radical (unpaired) electrons. The van der Waals surface area contributed by atoms with Crippen LogP contribution in [-0.4, -0.2) is 42.1 Å². The number of unbranched alkanes of at least 4 members (excludes halogenated alkanes) is 2. The molecule has 19 heavy (non-hydrogen) atoms. The molecule has 1 saturated heterocycles. The van der Waals surface area contributed by atoms with Crippen molar-refractivity contribution in [1.82, 2.24) is 16.0 Å². The van der Waals surface area contributed by atoms with Gasteiger partial charge in [0.2, 0.25) is 5.91 Å². The van der Waals surface area contributed by atoms with Crippen LogP contribution in [0, 0.1) is 0 Å². The van der Waals surface area contributed by atoms with Crippen molar-refractivity contribution >= 4 is 17.9 Å². The first-order valence-electron chi connectivity index (χ1n) is 6.63. The molecular formula is C12H21N3O4. The summed E-state index contributed by atoms with van der Waals surface area (Å²) in [6.07, 6.45) is 3.80. The molecule has 0 saturated carbocycles. The van der Waals surface area contributed by atoms with E-state index < -0.39 is 12.0 Å². The molecule has 0 aromatic rings. The van der Waals surface area contributed by atoms with Crippen LogP contribution in [0.2, 0.25) is 0 Å². The van der Waals surface area contributed by atoms with Crippen LogP contribution in [0.3, 0.4) is 0 Å². The van der Waals surface area contributed by atoms with Crippen LogP contribution < -0.4 is 16.0 Å². The summed E-state index contributed by atoms with van der Waals surface area (Å²) in [5.74, 6) is -0.933. The highest BCUT2D eigenvalue weighted by Gasteiger charge is 2.23. The maximum atomic E-state index is 11.5. The Morgan fingerprint density at radius 3 is 2.79 bits per heavy atom. The second-order valence-electron chi connectivity index (χ2n) is 4.59. The number of hydrogen-bond donors (Lipinski definition) is 4. The highest BCUT2D eigenvalue weighted by molar-refractivity contribution is 5.87. The van der Waals surface area contributed by atoms with Crippen molar-refractivity contribution in [3.63, 3.8) is 0 Å². The van der Waals surface area contributed by atoms with Crippen LogP contribution in [-0.2, 0) is 9.59 Å². The zero-order chi connectivity index (χ0) is 14.1. The summed E-state index contributed by atoms with van der Waals surface area (Å²) in [4.78, 5) is 33.2. The normalized spacial score (nSPS) is 18.5. The molecule has 7 nitrogen and oxygen atoms in total. The molecule has 3 amide bonds. The minimum Gasteiger partial charge on any atom is -0.481 e. The Balaban J connectivity index is 2.04. The third-order valence-electron chi connectivity index (χ3n) is 2.94. The Bertz CT molecular complexity index is 333. The molecule has 0 bridgehead atoms.